The molecule has 28 heavy (non-hydrogen) atoms. The zero-order valence-corrected chi connectivity index (χ0v) is 19.6. The Kier molecular flexibility index (Phi) is 8.91. The molecule has 0 fully saturated rings. The van der Waals surface area contributed by atoms with Crippen molar-refractivity contribution in [3.8, 4) is 16.9 Å². The van der Waals surface area contributed by atoms with E-state index in [4.69, 9.17) is 23.9 Å². The van der Waals surface area contributed by atoms with E-state index in [-0.39, 0.29) is 0 Å². The van der Waals surface area contributed by atoms with Gasteiger partial charge in [0.1, 0.15) is 5.75 Å². The zero-order valence-electron chi connectivity index (χ0n) is 16.6. The summed E-state index contributed by atoms with van der Waals surface area (Å²) in [5, 5.41) is 15.6. The van der Waals surface area contributed by atoms with Crippen LogP contribution in [0.2, 0.25) is 0 Å². The Morgan fingerprint density at radius 1 is 0.786 bits per heavy atom. The molecule has 0 aliphatic heterocycles. The molecule has 0 bridgehead atoms. The van der Waals surface area contributed by atoms with Gasteiger partial charge in [-0.05, 0) is 49.9 Å². The molecular weight excluding hydrogens is 425 g/mol. The second kappa shape index (κ2) is 10.9. The SMILES string of the molecule is Cc1cccc(C)c1[N-]Cc1cccc(-c2c(C)cccc2C)c1O.[Cl][Ti][Cl]. The van der Waals surface area contributed by atoms with E-state index in [1.54, 1.807) is 0 Å². The van der Waals surface area contributed by atoms with E-state index in [0.29, 0.717) is 12.3 Å². The summed E-state index contributed by atoms with van der Waals surface area (Å²) < 4.78 is 0. The van der Waals surface area contributed by atoms with Gasteiger partial charge in [0.25, 0.3) is 0 Å². The molecule has 0 aliphatic carbocycles. The summed E-state index contributed by atoms with van der Waals surface area (Å²) in [4.78, 5) is 0. The molecule has 0 aromatic heterocycles. The van der Waals surface area contributed by atoms with Gasteiger partial charge in [0.15, 0.2) is 0 Å². The van der Waals surface area contributed by atoms with Crippen molar-refractivity contribution in [3.63, 3.8) is 0 Å². The summed E-state index contributed by atoms with van der Waals surface area (Å²) in [5.41, 5.74) is 8.50. The molecule has 0 radical (unpaired) electrons. The monoisotopic (exact) mass is 448 g/mol. The Labute approximate surface area is 184 Å². The number of aryl methyl sites for hydroxylation is 4. The number of rotatable bonds is 4. The molecule has 3 aromatic rings. The molecular formula is C23H24Cl2NOTi-. The minimum atomic E-state index is -0.556. The van der Waals surface area contributed by atoms with Crippen molar-refractivity contribution in [2.24, 2.45) is 0 Å². The van der Waals surface area contributed by atoms with Crippen molar-refractivity contribution < 1.29 is 22.1 Å². The number of hydrogen-bond acceptors (Lipinski definition) is 1. The molecule has 1 N–H and O–H groups in total. The van der Waals surface area contributed by atoms with Crippen LogP contribution in [0.3, 0.4) is 0 Å². The molecule has 0 unspecified atom stereocenters. The maximum absolute atomic E-state index is 10.8. The Bertz CT molecular complexity index is 903. The third kappa shape index (κ3) is 5.55. The number of halogens is 2. The molecule has 2 nitrogen and oxygen atoms in total. The van der Waals surface area contributed by atoms with Crippen LogP contribution >= 0.6 is 18.6 Å². The first-order chi connectivity index (χ1) is 13.4. The van der Waals surface area contributed by atoms with E-state index in [2.05, 4.69) is 52.0 Å². The number of benzene rings is 3. The van der Waals surface area contributed by atoms with E-state index < -0.39 is 17.0 Å². The predicted molar refractivity (Wildman–Crippen MR) is 117 cm³/mol. The normalized spacial score (nSPS) is 10.1. The number of aromatic hydroxyl groups is 1. The third-order valence-corrected chi connectivity index (χ3v) is 4.72. The van der Waals surface area contributed by atoms with Gasteiger partial charge in [-0.15, -0.1) is 12.2 Å². The van der Waals surface area contributed by atoms with Crippen molar-refractivity contribution >= 4 is 24.3 Å². The van der Waals surface area contributed by atoms with Crippen molar-refractivity contribution in [3.05, 3.63) is 87.7 Å². The van der Waals surface area contributed by atoms with Gasteiger partial charge in [0.05, 0.1) is 0 Å². The van der Waals surface area contributed by atoms with Gasteiger partial charge >= 0.3 is 35.6 Å². The quantitative estimate of drug-likeness (QED) is 0.404. The van der Waals surface area contributed by atoms with Gasteiger partial charge in [-0.1, -0.05) is 65.7 Å². The fourth-order valence-corrected chi connectivity index (χ4v) is 3.38. The molecule has 5 heteroatoms. The summed E-state index contributed by atoms with van der Waals surface area (Å²) in [6, 6.07) is 18.3. The van der Waals surface area contributed by atoms with Crippen molar-refractivity contribution in [1.29, 1.82) is 0 Å². The van der Waals surface area contributed by atoms with Gasteiger partial charge < -0.3 is 10.4 Å². The van der Waals surface area contributed by atoms with Crippen LogP contribution in [0, 0.1) is 27.7 Å². The molecule has 0 saturated carbocycles. The number of nitrogens with zero attached hydrogens (tertiary/aromatic N) is 1. The average Bonchev–Trinajstić information content (AvgIpc) is 2.64. The fourth-order valence-electron chi connectivity index (χ4n) is 3.38. The Hall–Kier alpha value is -1.45. The first kappa shape index (κ1) is 22.8. The van der Waals surface area contributed by atoms with Crippen LogP contribution in [0.1, 0.15) is 27.8 Å². The second-order valence-corrected chi connectivity index (χ2v) is 9.29. The molecule has 146 valence electrons. The molecule has 3 rings (SSSR count). The first-order valence-corrected chi connectivity index (χ1v) is 13.3. The zero-order chi connectivity index (χ0) is 20.7. The van der Waals surface area contributed by atoms with E-state index in [0.717, 1.165) is 33.5 Å². The topological polar surface area (TPSA) is 34.3 Å². The van der Waals surface area contributed by atoms with Crippen LogP contribution in [-0.2, 0) is 23.6 Å². The van der Waals surface area contributed by atoms with Crippen LogP contribution in [0.4, 0.5) is 5.69 Å². The number of para-hydroxylation sites is 2. The van der Waals surface area contributed by atoms with Gasteiger partial charge in [-0.3, -0.25) is 0 Å². The van der Waals surface area contributed by atoms with Gasteiger partial charge in [0.2, 0.25) is 0 Å². The maximum atomic E-state index is 10.8. The van der Waals surface area contributed by atoms with Crippen LogP contribution in [-0.4, -0.2) is 5.11 Å². The molecule has 0 heterocycles. The molecule has 0 spiro atoms. The summed E-state index contributed by atoms with van der Waals surface area (Å²) in [6.45, 7) is 8.76. The van der Waals surface area contributed by atoms with Gasteiger partial charge in [-0.2, -0.15) is 0 Å². The number of phenols is 1. The summed E-state index contributed by atoms with van der Waals surface area (Å²) >= 11 is -0.556. The van der Waals surface area contributed by atoms with E-state index in [9.17, 15) is 5.11 Å². The Balaban J connectivity index is 0.000000878. The minimum absolute atomic E-state index is 0.329. The number of phenolic OH excluding ortho intramolecular Hbond substituents is 1. The average molecular weight is 449 g/mol. The fraction of sp³-hybridized carbons (Fsp3) is 0.217. The molecule has 3 aromatic carbocycles. The van der Waals surface area contributed by atoms with E-state index >= 15 is 0 Å². The summed E-state index contributed by atoms with van der Waals surface area (Å²) in [7, 11) is 9.78. The van der Waals surface area contributed by atoms with Crippen molar-refractivity contribution in [1.82, 2.24) is 0 Å². The summed E-state index contributed by atoms with van der Waals surface area (Å²) in [5.74, 6) is 0.329. The Morgan fingerprint density at radius 2 is 1.25 bits per heavy atom. The van der Waals surface area contributed by atoms with Gasteiger partial charge in [0, 0.05) is 5.56 Å². The standard InChI is InChI=1S/C23H24NO.2ClH.Ti/c1-15-8-5-9-16(2)21(15)20-13-7-12-19(23(20)25)14-24-22-17(3)10-6-11-18(22)4;;;/h5-13,25H,14H2,1-4H3;2*1H;/q-1;;;+2/p-2. The Morgan fingerprint density at radius 3 is 1.79 bits per heavy atom. The van der Waals surface area contributed by atoms with Crippen molar-refractivity contribution in [2.75, 3.05) is 0 Å². The molecule has 0 amide bonds. The number of hydrogen-bond donors (Lipinski definition) is 1. The molecule has 0 aliphatic rings. The van der Waals surface area contributed by atoms with Crippen LogP contribution in [0.15, 0.2) is 54.6 Å². The van der Waals surface area contributed by atoms with Gasteiger partial charge in [-0.25, -0.2) is 0 Å². The molecule has 0 saturated heterocycles. The van der Waals surface area contributed by atoms with E-state index in [1.165, 1.54) is 11.1 Å². The van der Waals surface area contributed by atoms with Crippen LogP contribution < -0.4 is 0 Å². The molecule has 0 atom stereocenters. The third-order valence-electron chi connectivity index (χ3n) is 4.72. The van der Waals surface area contributed by atoms with E-state index in [1.807, 2.05) is 30.3 Å². The first-order valence-electron chi connectivity index (χ1n) is 8.98. The summed E-state index contributed by atoms with van der Waals surface area (Å²) in [6.07, 6.45) is 0. The van der Waals surface area contributed by atoms with Crippen LogP contribution in [0.5, 0.6) is 5.75 Å². The van der Waals surface area contributed by atoms with Crippen molar-refractivity contribution in [2.45, 2.75) is 34.2 Å². The second-order valence-electron chi connectivity index (χ2n) is 6.71. The predicted octanol–water partition coefficient (Wildman–Crippen LogP) is 7.87. The van der Waals surface area contributed by atoms with Crippen LogP contribution in [0.25, 0.3) is 16.4 Å².